The summed E-state index contributed by atoms with van der Waals surface area (Å²) in [5, 5.41) is 0. The highest BCUT2D eigenvalue weighted by Crippen LogP contribution is 2.32. The monoisotopic (exact) mass is 371 g/mol. The van der Waals surface area contributed by atoms with Gasteiger partial charge in [-0.1, -0.05) is 12.1 Å². The van der Waals surface area contributed by atoms with Gasteiger partial charge in [0, 0.05) is 25.2 Å². The number of methoxy groups -OCH3 is 1. The van der Waals surface area contributed by atoms with Gasteiger partial charge in [-0.3, -0.25) is 14.5 Å². The van der Waals surface area contributed by atoms with E-state index in [4.69, 9.17) is 4.74 Å². The molecule has 0 atom stereocenters. The van der Waals surface area contributed by atoms with Crippen molar-refractivity contribution in [2.45, 2.75) is 44.2 Å². The summed E-state index contributed by atoms with van der Waals surface area (Å²) < 4.78 is 5.21. The van der Waals surface area contributed by atoms with E-state index in [-0.39, 0.29) is 36.5 Å². The molecule has 2 heterocycles. The molecule has 27 heavy (non-hydrogen) atoms. The van der Waals surface area contributed by atoms with Crippen LogP contribution in [0, 0.1) is 0 Å². The summed E-state index contributed by atoms with van der Waals surface area (Å²) in [6, 6.07) is 7.59. The largest absolute Gasteiger partial charge is 0.497 e. The van der Waals surface area contributed by atoms with Crippen LogP contribution in [-0.4, -0.2) is 71.4 Å². The Labute approximate surface area is 158 Å². The van der Waals surface area contributed by atoms with Gasteiger partial charge in [0.25, 0.3) is 5.91 Å². The highest BCUT2D eigenvalue weighted by Gasteiger charge is 2.47. The third kappa shape index (κ3) is 3.63. The Hall–Kier alpha value is -2.57. The summed E-state index contributed by atoms with van der Waals surface area (Å²) in [6.07, 6.45) is 3.66. The molecule has 1 aromatic rings. The molecule has 0 aromatic heterocycles. The summed E-state index contributed by atoms with van der Waals surface area (Å²) in [7, 11) is 1.61. The molecule has 4 amide bonds. The van der Waals surface area contributed by atoms with Crippen LogP contribution in [0.1, 0.15) is 31.2 Å². The number of amides is 4. The van der Waals surface area contributed by atoms with Crippen molar-refractivity contribution in [3.63, 3.8) is 0 Å². The number of benzene rings is 1. The number of hydrogen-bond acceptors (Lipinski definition) is 4. The maximum Gasteiger partial charge on any atom is 0.327 e. The minimum Gasteiger partial charge on any atom is -0.497 e. The van der Waals surface area contributed by atoms with Crippen molar-refractivity contribution < 1.29 is 19.1 Å². The minimum atomic E-state index is -0.136. The number of imide groups is 1. The Morgan fingerprint density at radius 3 is 2.52 bits per heavy atom. The van der Waals surface area contributed by atoms with E-state index in [9.17, 15) is 14.4 Å². The quantitative estimate of drug-likeness (QED) is 0.738. The summed E-state index contributed by atoms with van der Waals surface area (Å²) in [6.45, 7) is 1.43. The maximum atomic E-state index is 12.6. The van der Waals surface area contributed by atoms with Crippen molar-refractivity contribution in [2.75, 3.05) is 26.7 Å². The molecule has 144 valence electrons. The molecule has 3 fully saturated rings. The molecule has 2 aliphatic heterocycles. The van der Waals surface area contributed by atoms with Crippen molar-refractivity contribution >= 4 is 17.8 Å². The highest BCUT2D eigenvalue weighted by molar-refractivity contribution is 6.02. The van der Waals surface area contributed by atoms with Crippen molar-refractivity contribution in [3.05, 3.63) is 29.8 Å². The fraction of sp³-hybridized carbons (Fsp3) is 0.550. The molecular formula is C20H25N3O4. The lowest BCUT2D eigenvalue weighted by molar-refractivity contribution is -0.132. The Balaban J connectivity index is 1.31. The first-order chi connectivity index (χ1) is 13.1. The molecule has 2 saturated heterocycles. The third-order valence-corrected chi connectivity index (χ3v) is 5.69. The lowest BCUT2D eigenvalue weighted by atomic mass is 10.0. The topological polar surface area (TPSA) is 70.2 Å². The van der Waals surface area contributed by atoms with Crippen LogP contribution in [0.5, 0.6) is 5.75 Å². The Morgan fingerprint density at radius 2 is 1.85 bits per heavy atom. The fourth-order valence-electron chi connectivity index (χ4n) is 4.01. The molecule has 7 heteroatoms. The summed E-state index contributed by atoms with van der Waals surface area (Å²) in [4.78, 5) is 42.3. The van der Waals surface area contributed by atoms with Crippen molar-refractivity contribution in [1.29, 1.82) is 0 Å². The van der Waals surface area contributed by atoms with Gasteiger partial charge in [-0.05, 0) is 43.4 Å². The molecule has 1 saturated carbocycles. The highest BCUT2D eigenvalue weighted by atomic mass is 16.5. The van der Waals surface area contributed by atoms with Crippen molar-refractivity contribution in [3.8, 4) is 5.75 Å². The van der Waals surface area contributed by atoms with E-state index in [0.29, 0.717) is 19.5 Å². The van der Waals surface area contributed by atoms with Crippen LogP contribution in [0.25, 0.3) is 0 Å². The number of urea groups is 1. The van der Waals surface area contributed by atoms with Gasteiger partial charge in [-0.15, -0.1) is 0 Å². The summed E-state index contributed by atoms with van der Waals surface area (Å²) in [5.74, 6) is 0.764. The van der Waals surface area contributed by atoms with Crippen LogP contribution in [0.3, 0.4) is 0 Å². The van der Waals surface area contributed by atoms with Crippen LogP contribution < -0.4 is 4.74 Å². The lowest BCUT2D eigenvalue weighted by Gasteiger charge is -2.36. The van der Waals surface area contributed by atoms with Crippen LogP contribution in [0.2, 0.25) is 0 Å². The van der Waals surface area contributed by atoms with Crippen molar-refractivity contribution in [2.24, 2.45) is 0 Å². The second kappa shape index (κ2) is 7.21. The first kappa shape index (κ1) is 17.8. The number of nitrogens with zero attached hydrogens (tertiary/aromatic N) is 3. The number of carbonyl (C=O) groups excluding carboxylic acids is 3. The second-order valence-corrected chi connectivity index (χ2v) is 7.55. The number of piperidine rings is 1. The van der Waals surface area contributed by atoms with Gasteiger partial charge < -0.3 is 14.5 Å². The van der Waals surface area contributed by atoms with E-state index in [1.807, 2.05) is 29.2 Å². The molecule has 7 nitrogen and oxygen atoms in total. The van der Waals surface area contributed by atoms with Gasteiger partial charge in [-0.25, -0.2) is 4.79 Å². The number of likely N-dealkylation sites (tertiary alicyclic amines) is 1. The van der Waals surface area contributed by atoms with Gasteiger partial charge in [0.15, 0.2) is 0 Å². The predicted octanol–water partition coefficient (Wildman–Crippen LogP) is 1.66. The van der Waals surface area contributed by atoms with Crippen molar-refractivity contribution in [1.82, 2.24) is 14.7 Å². The molecule has 0 unspecified atom stereocenters. The van der Waals surface area contributed by atoms with Crippen LogP contribution in [-0.2, 0) is 16.0 Å². The zero-order chi connectivity index (χ0) is 19.0. The van der Waals surface area contributed by atoms with E-state index in [1.54, 1.807) is 12.0 Å². The van der Waals surface area contributed by atoms with E-state index in [0.717, 1.165) is 37.0 Å². The lowest BCUT2D eigenvalue weighted by Crippen LogP contribution is -2.48. The average Bonchev–Trinajstić information content (AvgIpc) is 3.47. The van der Waals surface area contributed by atoms with Gasteiger partial charge in [0.2, 0.25) is 5.91 Å². The molecular weight excluding hydrogens is 346 g/mol. The predicted molar refractivity (Wildman–Crippen MR) is 98.3 cm³/mol. The smallest absolute Gasteiger partial charge is 0.327 e. The third-order valence-electron chi connectivity index (χ3n) is 5.69. The number of hydrogen-bond donors (Lipinski definition) is 0. The van der Waals surface area contributed by atoms with Gasteiger partial charge in [-0.2, -0.15) is 0 Å². The van der Waals surface area contributed by atoms with E-state index < -0.39 is 0 Å². The Morgan fingerprint density at radius 1 is 1.11 bits per heavy atom. The minimum absolute atomic E-state index is 0.0473. The normalized spacial score (nSPS) is 21.1. The standard InChI is InChI=1S/C20H25N3O4/c1-27-17-4-2-3-14(11-17)12-18(24)21-9-7-15(8-10-21)22-13-19(25)23(20(22)26)16-5-6-16/h2-4,11,15-16H,5-10,12-13H2,1H3. The Bertz CT molecular complexity index is 753. The summed E-state index contributed by atoms with van der Waals surface area (Å²) >= 11 is 0. The molecule has 0 N–H and O–H groups in total. The second-order valence-electron chi connectivity index (χ2n) is 7.55. The SMILES string of the molecule is COc1cccc(CC(=O)N2CCC(N3CC(=O)N(C4CC4)C3=O)CC2)c1. The zero-order valence-corrected chi connectivity index (χ0v) is 15.6. The maximum absolute atomic E-state index is 12.6. The Kier molecular flexibility index (Phi) is 4.76. The fourth-order valence-corrected chi connectivity index (χ4v) is 4.01. The molecule has 1 aliphatic carbocycles. The molecule has 0 spiro atoms. The molecule has 0 bridgehead atoms. The van der Waals surface area contributed by atoms with Crippen LogP contribution in [0.15, 0.2) is 24.3 Å². The number of ether oxygens (including phenoxy) is 1. The molecule has 4 rings (SSSR count). The number of carbonyl (C=O) groups is 3. The first-order valence-electron chi connectivity index (χ1n) is 9.60. The molecule has 3 aliphatic rings. The van der Waals surface area contributed by atoms with E-state index in [2.05, 4.69) is 0 Å². The van der Waals surface area contributed by atoms with Gasteiger partial charge in [0.05, 0.1) is 13.5 Å². The molecule has 0 radical (unpaired) electrons. The zero-order valence-electron chi connectivity index (χ0n) is 15.6. The van der Waals surface area contributed by atoms with E-state index in [1.165, 1.54) is 4.90 Å². The van der Waals surface area contributed by atoms with Gasteiger partial charge in [0.1, 0.15) is 12.3 Å². The van der Waals surface area contributed by atoms with Crippen LogP contribution >= 0.6 is 0 Å². The summed E-state index contributed by atoms with van der Waals surface area (Å²) in [5.41, 5.74) is 0.932. The van der Waals surface area contributed by atoms with Gasteiger partial charge >= 0.3 is 6.03 Å². The molecule has 1 aromatic carbocycles. The van der Waals surface area contributed by atoms with Crippen LogP contribution in [0.4, 0.5) is 4.79 Å². The van der Waals surface area contributed by atoms with E-state index >= 15 is 0 Å². The average molecular weight is 371 g/mol. The first-order valence-corrected chi connectivity index (χ1v) is 9.60. The number of rotatable bonds is 5.